The van der Waals surface area contributed by atoms with Crippen LogP contribution in [0.5, 0.6) is 5.75 Å². The summed E-state index contributed by atoms with van der Waals surface area (Å²) >= 11 is 0. The van der Waals surface area contributed by atoms with Crippen LogP contribution in [0.2, 0.25) is 0 Å². The normalized spacial score (nSPS) is 28.5. The van der Waals surface area contributed by atoms with Crippen molar-refractivity contribution in [2.75, 3.05) is 20.8 Å². The van der Waals surface area contributed by atoms with Gasteiger partial charge in [-0.2, -0.15) is 0 Å². The molecule has 0 aromatic heterocycles. The molecule has 1 saturated heterocycles. The topological polar surface area (TPSA) is 59.0 Å². The summed E-state index contributed by atoms with van der Waals surface area (Å²) in [6.45, 7) is 4.43. The zero-order valence-electron chi connectivity index (χ0n) is 15.0. The van der Waals surface area contributed by atoms with Crippen molar-refractivity contribution in [1.82, 2.24) is 4.90 Å². The van der Waals surface area contributed by atoms with E-state index in [1.807, 2.05) is 17.0 Å². The van der Waals surface area contributed by atoms with Crippen molar-refractivity contribution in [2.45, 2.75) is 49.9 Å². The fraction of sp³-hybridized carbons (Fsp3) is 0.550. The highest BCUT2D eigenvalue weighted by Crippen LogP contribution is 2.43. The lowest BCUT2D eigenvalue weighted by molar-refractivity contribution is -0.0824. The standard InChI is InChI=1S/C20H27NO4/c1-4-5-14-12-15(6-7-17(14)24-2)19(23)21-11-10-20(25-3)9-8-16(22)13-18(20)21/h4,6-7,12,16,18,22H,1,5,8-11,13H2,2-3H3/t16-,18+,20-/m1/s1. The number of amides is 1. The van der Waals surface area contributed by atoms with Crippen LogP contribution in [0.25, 0.3) is 0 Å². The molecular formula is C20H27NO4. The Hall–Kier alpha value is -1.85. The van der Waals surface area contributed by atoms with E-state index in [2.05, 4.69) is 6.58 Å². The number of likely N-dealkylation sites (tertiary alicyclic amines) is 1. The minimum absolute atomic E-state index is 0.00834. The Morgan fingerprint density at radius 2 is 2.24 bits per heavy atom. The highest BCUT2D eigenvalue weighted by atomic mass is 16.5. The van der Waals surface area contributed by atoms with Crippen molar-refractivity contribution in [2.24, 2.45) is 0 Å². The Bertz CT molecular complexity index is 659. The molecule has 1 aromatic carbocycles. The van der Waals surface area contributed by atoms with E-state index >= 15 is 0 Å². The molecule has 0 spiro atoms. The van der Waals surface area contributed by atoms with Gasteiger partial charge in [0.25, 0.3) is 5.91 Å². The molecule has 3 atom stereocenters. The highest BCUT2D eigenvalue weighted by Gasteiger charge is 2.52. The Morgan fingerprint density at radius 3 is 2.92 bits per heavy atom. The van der Waals surface area contributed by atoms with Gasteiger partial charge in [0, 0.05) is 19.2 Å². The zero-order chi connectivity index (χ0) is 18.0. The van der Waals surface area contributed by atoms with Crippen LogP contribution in [0.15, 0.2) is 30.9 Å². The molecule has 1 heterocycles. The lowest BCUT2D eigenvalue weighted by Crippen LogP contribution is -2.52. The molecule has 5 nitrogen and oxygen atoms in total. The van der Waals surface area contributed by atoms with Crippen LogP contribution in [0.3, 0.4) is 0 Å². The predicted molar refractivity (Wildman–Crippen MR) is 95.9 cm³/mol. The van der Waals surface area contributed by atoms with Gasteiger partial charge in [-0.3, -0.25) is 4.79 Å². The van der Waals surface area contributed by atoms with E-state index in [4.69, 9.17) is 9.47 Å². The van der Waals surface area contributed by atoms with Crippen LogP contribution < -0.4 is 4.74 Å². The minimum atomic E-state index is -0.367. The minimum Gasteiger partial charge on any atom is -0.496 e. The van der Waals surface area contributed by atoms with Gasteiger partial charge >= 0.3 is 0 Å². The number of rotatable bonds is 5. The summed E-state index contributed by atoms with van der Waals surface area (Å²) in [4.78, 5) is 15.0. The van der Waals surface area contributed by atoms with Crippen LogP contribution >= 0.6 is 0 Å². The molecule has 1 aliphatic heterocycles. The molecule has 1 saturated carbocycles. The van der Waals surface area contributed by atoms with Gasteiger partial charge in [-0.25, -0.2) is 0 Å². The van der Waals surface area contributed by atoms with Crippen LogP contribution in [-0.2, 0) is 11.2 Å². The van der Waals surface area contributed by atoms with Gasteiger partial charge in [0.15, 0.2) is 0 Å². The van der Waals surface area contributed by atoms with E-state index < -0.39 is 0 Å². The quantitative estimate of drug-likeness (QED) is 0.834. The molecule has 0 unspecified atom stereocenters. The van der Waals surface area contributed by atoms with Crippen LogP contribution in [0, 0.1) is 0 Å². The largest absolute Gasteiger partial charge is 0.496 e. The number of ether oxygens (including phenoxy) is 2. The average molecular weight is 345 g/mol. The molecule has 2 aliphatic rings. The van der Waals surface area contributed by atoms with Crippen molar-refractivity contribution in [1.29, 1.82) is 0 Å². The van der Waals surface area contributed by atoms with Gasteiger partial charge in [0.05, 0.1) is 24.9 Å². The van der Waals surface area contributed by atoms with Crippen molar-refractivity contribution in [3.63, 3.8) is 0 Å². The lowest BCUT2D eigenvalue weighted by atomic mass is 9.79. The second kappa shape index (κ2) is 7.18. The fourth-order valence-electron chi connectivity index (χ4n) is 4.31. The van der Waals surface area contributed by atoms with Crippen molar-refractivity contribution in [3.05, 3.63) is 42.0 Å². The van der Waals surface area contributed by atoms with Crippen molar-refractivity contribution < 1.29 is 19.4 Å². The molecule has 1 amide bonds. The number of hydrogen-bond donors (Lipinski definition) is 1. The first kappa shape index (κ1) is 18.0. The molecular weight excluding hydrogens is 318 g/mol. The third kappa shape index (κ3) is 3.18. The SMILES string of the molecule is C=CCc1cc(C(=O)N2CC[C@]3(OC)CC[C@@H](O)C[C@H]23)ccc1OC. The summed E-state index contributed by atoms with van der Waals surface area (Å²) in [5, 5.41) is 10.1. The third-order valence-electron chi connectivity index (χ3n) is 5.71. The first-order chi connectivity index (χ1) is 12.0. The maximum absolute atomic E-state index is 13.1. The van der Waals surface area contributed by atoms with Gasteiger partial charge in [-0.15, -0.1) is 6.58 Å². The van der Waals surface area contributed by atoms with Gasteiger partial charge in [0.1, 0.15) is 5.75 Å². The van der Waals surface area contributed by atoms with E-state index in [-0.39, 0.29) is 23.7 Å². The average Bonchev–Trinajstić information content (AvgIpc) is 3.00. The number of carbonyl (C=O) groups is 1. The number of fused-ring (bicyclic) bond motifs is 1. The number of carbonyl (C=O) groups excluding carboxylic acids is 1. The maximum Gasteiger partial charge on any atom is 0.254 e. The molecule has 1 aromatic rings. The summed E-state index contributed by atoms with van der Waals surface area (Å²) < 4.78 is 11.2. The third-order valence-corrected chi connectivity index (χ3v) is 5.71. The smallest absolute Gasteiger partial charge is 0.254 e. The monoisotopic (exact) mass is 345 g/mol. The molecule has 1 aliphatic carbocycles. The molecule has 25 heavy (non-hydrogen) atoms. The van der Waals surface area contributed by atoms with E-state index in [1.165, 1.54) is 0 Å². The van der Waals surface area contributed by atoms with E-state index in [9.17, 15) is 9.90 Å². The molecule has 0 radical (unpaired) electrons. The Balaban J connectivity index is 1.88. The Labute approximate surface area is 149 Å². The Morgan fingerprint density at radius 1 is 1.44 bits per heavy atom. The van der Waals surface area contributed by atoms with Gasteiger partial charge < -0.3 is 19.5 Å². The number of nitrogens with zero attached hydrogens (tertiary/aromatic N) is 1. The second-order valence-electron chi connectivity index (χ2n) is 6.98. The molecule has 5 heteroatoms. The fourth-order valence-corrected chi connectivity index (χ4v) is 4.31. The lowest BCUT2D eigenvalue weighted by Gasteiger charge is -2.42. The number of allylic oxidation sites excluding steroid dienone is 1. The summed E-state index contributed by atoms with van der Waals surface area (Å²) in [6.07, 6.45) is 5.01. The summed E-state index contributed by atoms with van der Waals surface area (Å²) in [5.74, 6) is 0.753. The number of benzene rings is 1. The summed E-state index contributed by atoms with van der Waals surface area (Å²) in [6, 6.07) is 5.45. The van der Waals surface area contributed by atoms with Crippen LogP contribution in [0.1, 0.15) is 41.6 Å². The summed E-state index contributed by atoms with van der Waals surface area (Å²) in [5.41, 5.74) is 1.28. The van der Waals surface area contributed by atoms with Crippen LogP contribution in [-0.4, -0.2) is 54.4 Å². The first-order valence-corrected chi connectivity index (χ1v) is 8.86. The van der Waals surface area contributed by atoms with Crippen LogP contribution in [0.4, 0.5) is 0 Å². The van der Waals surface area contributed by atoms with E-state index in [1.54, 1.807) is 26.4 Å². The number of hydrogen-bond acceptors (Lipinski definition) is 4. The summed E-state index contributed by atoms with van der Waals surface area (Å²) in [7, 11) is 3.34. The number of aliphatic hydroxyl groups excluding tert-OH is 1. The zero-order valence-corrected chi connectivity index (χ0v) is 15.0. The molecule has 1 N–H and O–H groups in total. The van der Waals surface area contributed by atoms with E-state index in [0.29, 0.717) is 24.9 Å². The number of aliphatic hydroxyl groups is 1. The van der Waals surface area contributed by atoms with Gasteiger partial charge in [0.2, 0.25) is 0 Å². The second-order valence-corrected chi connectivity index (χ2v) is 6.98. The predicted octanol–water partition coefficient (Wildman–Crippen LogP) is 2.57. The first-order valence-electron chi connectivity index (χ1n) is 8.86. The highest BCUT2D eigenvalue weighted by molar-refractivity contribution is 5.95. The molecule has 3 rings (SSSR count). The molecule has 2 fully saturated rings. The maximum atomic E-state index is 13.1. The van der Waals surface area contributed by atoms with Crippen molar-refractivity contribution in [3.8, 4) is 5.75 Å². The Kier molecular flexibility index (Phi) is 5.16. The van der Waals surface area contributed by atoms with Gasteiger partial charge in [-0.1, -0.05) is 6.08 Å². The molecule has 136 valence electrons. The van der Waals surface area contributed by atoms with E-state index in [0.717, 1.165) is 30.6 Å². The molecule has 0 bridgehead atoms. The van der Waals surface area contributed by atoms with Gasteiger partial charge in [-0.05, 0) is 55.9 Å². The number of methoxy groups -OCH3 is 2. The van der Waals surface area contributed by atoms with Crippen molar-refractivity contribution >= 4 is 5.91 Å².